The third kappa shape index (κ3) is 2.08. The first-order chi connectivity index (χ1) is 7.72. The lowest BCUT2D eigenvalue weighted by Crippen LogP contribution is -2.17. The summed E-state index contributed by atoms with van der Waals surface area (Å²) in [5.41, 5.74) is 1.85. The molecule has 1 fully saturated rings. The van der Waals surface area contributed by atoms with Gasteiger partial charge in [0.25, 0.3) is 0 Å². The predicted molar refractivity (Wildman–Crippen MR) is 62.6 cm³/mol. The fourth-order valence-corrected chi connectivity index (χ4v) is 2.24. The van der Waals surface area contributed by atoms with Crippen molar-refractivity contribution in [1.82, 2.24) is 9.88 Å². The molecular weight excluding hydrogens is 200 g/mol. The van der Waals surface area contributed by atoms with Crippen molar-refractivity contribution in [2.75, 3.05) is 13.6 Å². The Morgan fingerprint density at radius 3 is 3.06 bits per heavy atom. The lowest BCUT2D eigenvalue weighted by atomic mass is 10.0. The van der Waals surface area contributed by atoms with Gasteiger partial charge in [-0.05, 0) is 38.1 Å². The van der Waals surface area contributed by atoms with Gasteiger partial charge in [-0.15, -0.1) is 6.42 Å². The van der Waals surface area contributed by atoms with Crippen LogP contribution < -0.4 is 0 Å². The molecule has 2 rings (SSSR count). The Bertz CT molecular complexity index is 411. The molecule has 16 heavy (non-hydrogen) atoms. The van der Waals surface area contributed by atoms with Crippen LogP contribution in [0.2, 0.25) is 0 Å². The summed E-state index contributed by atoms with van der Waals surface area (Å²) in [5, 5.41) is 9.57. The van der Waals surface area contributed by atoms with E-state index in [1.54, 1.807) is 6.20 Å². The molecule has 0 aromatic carbocycles. The number of nitrogens with zero attached hydrogens (tertiary/aromatic N) is 2. The molecule has 3 nitrogen and oxygen atoms in total. The summed E-state index contributed by atoms with van der Waals surface area (Å²) < 4.78 is 0. The second-order valence-corrected chi connectivity index (χ2v) is 4.26. The van der Waals surface area contributed by atoms with Crippen molar-refractivity contribution in [3.8, 4) is 12.3 Å². The van der Waals surface area contributed by atoms with Crippen molar-refractivity contribution in [2.45, 2.75) is 25.0 Å². The number of aliphatic hydroxyl groups is 1. The van der Waals surface area contributed by atoms with Gasteiger partial charge < -0.3 is 5.11 Å². The van der Waals surface area contributed by atoms with Crippen LogP contribution in [0.3, 0.4) is 0 Å². The third-order valence-corrected chi connectivity index (χ3v) is 3.16. The summed E-state index contributed by atoms with van der Waals surface area (Å²) >= 11 is 0. The highest BCUT2D eigenvalue weighted by Gasteiger charge is 2.23. The minimum atomic E-state index is -0.848. The smallest absolute Gasteiger partial charge is 0.141 e. The van der Waals surface area contributed by atoms with Crippen molar-refractivity contribution < 1.29 is 5.11 Å². The summed E-state index contributed by atoms with van der Waals surface area (Å²) in [4.78, 5) is 6.46. The van der Waals surface area contributed by atoms with E-state index in [0.29, 0.717) is 11.6 Å². The van der Waals surface area contributed by atoms with Gasteiger partial charge in [-0.25, -0.2) is 0 Å². The standard InChI is InChI=1S/C13H16N2O/c1-3-13(16)11-7-10(8-14-9-11)12-5-4-6-15(12)2/h1,7-9,12-13,16H,4-6H2,2H3. The van der Waals surface area contributed by atoms with Crippen molar-refractivity contribution in [3.63, 3.8) is 0 Å². The van der Waals surface area contributed by atoms with E-state index in [9.17, 15) is 5.11 Å². The molecule has 2 heterocycles. The van der Waals surface area contributed by atoms with Gasteiger partial charge >= 0.3 is 0 Å². The summed E-state index contributed by atoms with van der Waals surface area (Å²) in [6.07, 6.45) is 10.2. The van der Waals surface area contributed by atoms with Crippen LogP contribution in [0.25, 0.3) is 0 Å². The molecule has 1 N–H and O–H groups in total. The maximum absolute atomic E-state index is 9.57. The number of pyridine rings is 1. The van der Waals surface area contributed by atoms with E-state index >= 15 is 0 Å². The molecule has 2 atom stereocenters. The molecule has 84 valence electrons. The second-order valence-electron chi connectivity index (χ2n) is 4.26. The van der Waals surface area contributed by atoms with Gasteiger partial charge in [0.2, 0.25) is 0 Å². The summed E-state index contributed by atoms with van der Waals surface area (Å²) in [6, 6.07) is 2.38. The van der Waals surface area contributed by atoms with Gasteiger partial charge in [0.05, 0.1) is 0 Å². The number of aliphatic hydroxyl groups excluding tert-OH is 1. The van der Waals surface area contributed by atoms with Crippen LogP contribution in [-0.4, -0.2) is 28.6 Å². The summed E-state index contributed by atoms with van der Waals surface area (Å²) in [7, 11) is 2.11. The first-order valence-corrected chi connectivity index (χ1v) is 5.51. The van der Waals surface area contributed by atoms with E-state index in [1.807, 2.05) is 12.3 Å². The number of hydrogen-bond acceptors (Lipinski definition) is 3. The zero-order valence-electron chi connectivity index (χ0n) is 9.43. The zero-order valence-corrected chi connectivity index (χ0v) is 9.43. The van der Waals surface area contributed by atoms with Gasteiger partial charge in [0.1, 0.15) is 6.10 Å². The highest BCUT2D eigenvalue weighted by atomic mass is 16.3. The van der Waals surface area contributed by atoms with Crippen molar-refractivity contribution >= 4 is 0 Å². The molecule has 1 aromatic rings. The minimum Gasteiger partial charge on any atom is -0.376 e. The maximum Gasteiger partial charge on any atom is 0.141 e. The van der Waals surface area contributed by atoms with E-state index < -0.39 is 6.10 Å². The van der Waals surface area contributed by atoms with Crippen LogP contribution >= 0.6 is 0 Å². The Kier molecular flexibility index (Phi) is 3.23. The molecule has 0 radical (unpaired) electrons. The molecule has 3 heteroatoms. The lowest BCUT2D eigenvalue weighted by Gasteiger charge is -2.20. The number of likely N-dealkylation sites (tertiary alicyclic amines) is 1. The van der Waals surface area contributed by atoms with Crippen LogP contribution in [0.4, 0.5) is 0 Å². The molecule has 1 aliphatic heterocycles. The van der Waals surface area contributed by atoms with Crippen molar-refractivity contribution in [3.05, 3.63) is 29.6 Å². The van der Waals surface area contributed by atoms with Gasteiger partial charge in [-0.2, -0.15) is 0 Å². The average molecular weight is 216 g/mol. The number of hydrogen-bond donors (Lipinski definition) is 1. The maximum atomic E-state index is 9.57. The fraction of sp³-hybridized carbons (Fsp3) is 0.462. The van der Waals surface area contributed by atoms with E-state index in [4.69, 9.17) is 6.42 Å². The number of rotatable bonds is 2. The van der Waals surface area contributed by atoms with Crippen LogP contribution in [0.15, 0.2) is 18.5 Å². The molecule has 1 saturated heterocycles. The average Bonchev–Trinajstić information content (AvgIpc) is 2.74. The Morgan fingerprint density at radius 2 is 2.44 bits per heavy atom. The van der Waals surface area contributed by atoms with Gasteiger partial charge in [-0.3, -0.25) is 9.88 Å². The lowest BCUT2D eigenvalue weighted by molar-refractivity contribution is 0.237. The molecule has 0 saturated carbocycles. The summed E-state index contributed by atoms with van der Waals surface area (Å²) in [6.45, 7) is 1.12. The Hall–Kier alpha value is -1.37. The Balaban J connectivity index is 2.26. The van der Waals surface area contributed by atoms with Gasteiger partial charge in [0.15, 0.2) is 0 Å². The summed E-state index contributed by atoms with van der Waals surface area (Å²) in [5.74, 6) is 2.31. The molecule has 1 aromatic heterocycles. The van der Waals surface area contributed by atoms with Crippen molar-refractivity contribution in [2.24, 2.45) is 0 Å². The van der Waals surface area contributed by atoms with Gasteiger partial charge in [-0.1, -0.05) is 5.92 Å². The second kappa shape index (κ2) is 4.65. The Labute approximate surface area is 96.1 Å². The largest absolute Gasteiger partial charge is 0.376 e. The normalized spacial score (nSPS) is 22.9. The highest BCUT2D eigenvalue weighted by Crippen LogP contribution is 2.30. The van der Waals surface area contributed by atoms with Crippen molar-refractivity contribution in [1.29, 1.82) is 0 Å². The van der Waals surface area contributed by atoms with Crippen LogP contribution in [0, 0.1) is 12.3 Å². The monoisotopic (exact) mass is 216 g/mol. The number of terminal acetylenes is 1. The molecule has 2 unspecified atom stereocenters. The molecule has 0 amide bonds. The topological polar surface area (TPSA) is 36.4 Å². The predicted octanol–water partition coefficient (Wildman–Crippen LogP) is 1.51. The third-order valence-electron chi connectivity index (χ3n) is 3.16. The number of aromatic nitrogens is 1. The van der Waals surface area contributed by atoms with E-state index in [0.717, 1.165) is 18.5 Å². The quantitative estimate of drug-likeness (QED) is 0.761. The van der Waals surface area contributed by atoms with E-state index in [-0.39, 0.29) is 0 Å². The minimum absolute atomic E-state index is 0.414. The zero-order chi connectivity index (χ0) is 11.5. The Morgan fingerprint density at radius 1 is 1.62 bits per heavy atom. The molecule has 1 aliphatic rings. The van der Waals surface area contributed by atoms with Crippen LogP contribution in [-0.2, 0) is 0 Å². The van der Waals surface area contributed by atoms with E-state index in [2.05, 4.69) is 22.9 Å². The molecule has 0 spiro atoms. The fourth-order valence-electron chi connectivity index (χ4n) is 2.24. The SMILES string of the molecule is C#CC(O)c1cncc(C2CCCN2C)c1. The molecular formula is C13H16N2O. The first kappa shape index (κ1) is 11.1. The van der Waals surface area contributed by atoms with Gasteiger partial charge in [0, 0.05) is 24.0 Å². The first-order valence-electron chi connectivity index (χ1n) is 5.51. The van der Waals surface area contributed by atoms with E-state index in [1.165, 1.54) is 6.42 Å². The van der Waals surface area contributed by atoms with Crippen LogP contribution in [0.1, 0.15) is 36.1 Å². The highest BCUT2D eigenvalue weighted by molar-refractivity contribution is 5.27. The van der Waals surface area contributed by atoms with Crippen LogP contribution in [0.5, 0.6) is 0 Å². The molecule has 0 bridgehead atoms. The molecule has 0 aliphatic carbocycles.